The van der Waals surface area contributed by atoms with E-state index in [2.05, 4.69) is 15.9 Å². The van der Waals surface area contributed by atoms with E-state index in [-0.39, 0.29) is 0 Å². The Kier molecular flexibility index (Phi) is 2.89. The lowest BCUT2D eigenvalue weighted by molar-refractivity contribution is 0.152. The minimum atomic E-state index is -0.557. The number of benzene rings is 1. The molecule has 1 heterocycles. The second-order valence-corrected chi connectivity index (χ2v) is 4.45. The summed E-state index contributed by atoms with van der Waals surface area (Å²) in [5.74, 6) is 1.38. The van der Waals surface area contributed by atoms with Crippen molar-refractivity contribution in [2.75, 3.05) is 13.2 Å². The number of hydrogen-bond donors (Lipinski definition) is 1. The third-order valence-electron chi connectivity index (χ3n) is 2.49. The van der Waals surface area contributed by atoms with Gasteiger partial charge >= 0.3 is 0 Å². The van der Waals surface area contributed by atoms with E-state index in [0.717, 1.165) is 15.6 Å². The van der Waals surface area contributed by atoms with Crippen LogP contribution in [0.4, 0.5) is 0 Å². The molecule has 15 heavy (non-hydrogen) atoms. The van der Waals surface area contributed by atoms with Crippen molar-refractivity contribution in [3.63, 3.8) is 0 Å². The number of fused-ring (bicyclic) bond motifs is 1. The number of aliphatic hydroxyl groups is 1. The first kappa shape index (κ1) is 10.8. The molecular formula is C11H13BrO3. The molecule has 3 nitrogen and oxygen atoms in total. The molecule has 0 saturated carbocycles. The van der Waals surface area contributed by atoms with Gasteiger partial charge in [-0.25, -0.2) is 0 Å². The first-order valence-electron chi connectivity index (χ1n) is 4.88. The second-order valence-electron chi connectivity index (χ2n) is 3.60. The van der Waals surface area contributed by atoms with E-state index in [4.69, 9.17) is 9.47 Å². The zero-order valence-corrected chi connectivity index (χ0v) is 10.3. The molecule has 0 spiro atoms. The summed E-state index contributed by atoms with van der Waals surface area (Å²) in [5.41, 5.74) is 1.80. The summed E-state index contributed by atoms with van der Waals surface area (Å²) >= 11 is 3.45. The molecule has 1 aromatic carbocycles. The van der Waals surface area contributed by atoms with Crippen molar-refractivity contribution >= 4 is 15.9 Å². The molecule has 1 unspecified atom stereocenters. The van der Waals surface area contributed by atoms with Gasteiger partial charge in [-0.1, -0.05) is 15.9 Å². The molecule has 2 rings (SSSR count). The zero-order chi connectivity index (χ0) is 11.0. The summed E-state index contributed by atoms with van der Waals surface area (Å²) < 4.78 is 12.0. The molecule has 1 aromatic rings. The predicted molar refractivity (Wildman–Crippen MR) is 60.5 cm³/mol. The summed E-state index contributed by atoms with van der Waals surface area (Å²) in [7, 11) is 0. The lowest BCUT2D eigenvalue weighted by Crippen LogP contribution is -2.18. The van der Waals surface area contributed by atoms with E-state index in [1.807, 2.05) is 13.0 Å². The van der Waals surface area contributed by atoms with Crippen molar-refractivity contribution in [2.45, 2.75) is 20.0 Å². The minimum Gasteiger partial charge on any atom is -0.486 e. The fourth-order valence-electron chi connectivity index (χ4n) is 1.78. The van der Waals surface area contributed by atoms with Gasteiger partial charge in [0, 0.05) is 10.0 Å². The third-order valence-corrected chi connectivity index (χ3v) is 3.32. The van der Waals surface area contributed by atoms with Crippen molar-refractivity contribution in [3.05, 3.63) is 21.7 Å². The molecule has 0 aliphatic carbocycles. The van der Waals surface area contributed by atoms with E-state index in [9.17, 15) is 5.11 Å². The van der Waals surface area contributed by atoms with Crippen LogP contribution in [0.25, 0.3) is 0 Å². The number of hydrogen-bond acceptors (Lipinski definition) is 3. The Hall–Kier alpha value is -0.740. The predicted octanol–water partition coefficient (Wildman–Crippen LogP) is 2.58. The van der Waals surface area contributed by atoms with Gasteiger partial charge < -0.3 is 14.6 Å². The molecule has 1 aliphatic rings. The maximum atomic E-state index is 9.73. The lowest BCUT2D eigenvalue weighted by atomic mass is 10.0. The van der Waals surface area contributed by atoms with Crippen molar-refractivity contribution in [3.8, 4) is 11.5 Å². The first-order valence-corrected chi connectivity index (χ1v) is 5.67. The molecule has 0 saturated heterocycles. The Balaban J connectivity index is 2.63. The van der Waals surface area contributed by atoms with Crippen LogP contribution >= 0.6 is 15.9 Å². The highest BCUT2D eigenvalue weighted by Gasteiger charge is 2.22. The highest BCUT2D eigenvalue weighted by Crippen LogP contribution is 2.42. The third kappa shape index (κ3) is 1.84. The molecule has 82 valence electrons. The van der Waals surface area contributed by atoms with E-state index in [0.29, 0.717) is 24.7 Å². The van der Waals surface area contributed by atoms with Crippen LogP contribution in [0.2, 0.25) is 0 Å². The van der Waals surface area contributed by atoms with Crippen LogP contribution in [-0.2, 0) is 0 Å². The molecular weight excluding hydrogens is 260 g/mol. The van der Waals surface area contributed by atoms with E-state index in [1.165, 1.54) is 0 Å². The van der Waals surface area contributed by atoms with E-state index >= 15 is 0 Å². The van der Waals surface area contributed by atoms with Gasteiger partial charge in [-0.2, -0.15) is 0 Å². The highest BCUT2D eigenvalue weighted by atomic mass is 79.9. The van der Waals surface area contributed by atoms with Gasteiger partial charge in [0.1, 0.15) is 13.2 Å². The maximum absolute atomic E-state index is 9.73. The topological polar surface area (TPSA) is 38.7 Å². The van der Waals surface area contributed by atoms with Gasteiger partial charge in [-0.15, -0.1) is 0 Å². The molecule has 0 bridgehead atoms. The fraction of sp³-hybridized carbons (Fsp3) is 0.455. The van der Waals surface area contributed by atoms with Crippen molar-refractivity contribution in [1.82, 2.24) is 0 Å². The average molecular weight is 273 g/mol. The summed E-state index contributed by atoms with van der Waals surface area (Å²) in [4.78, 5) is 0. The van der Waals surface area contributed by atoms with Gasteiger partial charge in [0.05, 0.1) is 6.10 Å². The number of rotatable bonds is 1. The maximum Gasteiger partial charge on any atom is 0.167 e. The Bertz CT molecular complexity index is 388. The second kappa shape index (κ2) is 4.02. The van der Waals surface area contributed by atoms with Crippen LogP contribution in [0.5, 0.6) is 11.5 Å². The van der Waals surface area contributed by atoms with Crippen LogP contribution in [0.3, 0.4) is 0 Å². The molecule has 0 radical (unpaired) electrons. The van der Waals surface area contributed by atoms with Crippen molar-refractivity contribution in [1.29, 1.82) is 0 Å². The number of halogens is 1. The van der Waals surface area contributed by atoms with Gasteiger partial charge in [0.15, 0.2) is 11.5 Å². The van der Waals surface area contributed by atoms with Crippen LogP contribution in [-0.4, -0.2) is 18.3 Å². The molecule has 0 amide bonds. The number of aliphatic hydroxyl groups excluding tert-OH is 1. The molecule has 4 heteroatoms. The summed E-state index contributed by atoms with van der Waals surface area (Å²) in [6.07, 6.45) is -0.557. The van der Waals surface area contributed by atoms with Gasteiger partial charge in [0.2, 0.25) is 0 Å². The Morgan fingerprint density at radius 3 is 2.73 bits per heavy atom. The summed E-state index contributed by atoms with van der Waals surface area (Å²) in [6, 6.07) is 1.88. The van der Waals surface area contributed by atoms with Crippen molar-refractivity contribution in [2.24, 2.45) is 0 Å². The molecule has 0 fully saturated rings. The van der Waals surface area contributed by atoms with Gasteiger partial charge in [0.25, 0.3) is 0 Å². The van der Waals surface area contributed by atoms with Crippen molar-refractivity contribution < 1.29 is 14.6 Å². The first-order chi connectivity index (χ1) is 7.11. The molecule has 1 aliphatic heterocycles. The Labute approximate surface area is 97.1 Å². The van der Waals surface area contributed by atoms with E-state index < -0.39 is 6.10 Å². The van der Waals surface area contributed by atoms with Crippen LogP contribution in [0.1, 0.15) is 24.2 Å². The van der Waals surface area contributed by atoms with E-state index in [1.54, 1.807) is 6.92 Å². The largest absolute Gasteiger partial charge is 0.486 e. The van der Waals surface area contributed by atoms with Gasteiger partial charge in [-0.3, -0.25) is 0 Å². The molecule has 1 N–H and O–H groups in total. The standard InChI is InChI=1S/C11H13BrO3/c1-6-8(12)5-9-11(10(6)7(2)13)15-4-3-14-9/h5,7,13H,3-4H2,1-2H3. The normalized spacial score (nSPS) is 16.3. The summed E-state index contributed by atoms with van der Waals surface area (Å²) in [6.45, 7) is 4.77. The van der Waals surface area contributed by atoms with Crippen LogP contribution in [0.15, 0.2) is 10.5 Å². The number of ether oxygens (including phenoxy) is 2. The Morgan fingerprint density at radius 2 is 2.07 bits per heavy atom. The average Bonchev–Trinajstić information content (AvgIpc) is 2.19. The van der Waals surface area contributed by atoms with Gasteiger partial charge in [-0.05, 0) is 25.5 Å². The fourth-order valence-corrected chi connectivity index (χ4v) is 2.20. The van der Waals surface area contributed by atoms with Crippen LogP contribution < -0.4 is 9.47 Å². The Morgan fingerprint density at radius 1 is 1.40 bits per heavy atom. The highest BCUT2D eigenvalue weighted by molar-refractivity contribution is 9.10. The minimum absolute atomic E-state index is 0.536. The lowest BCUT2D eigenvalue weighted by Gasteiger charge is -2.24. The summed E-state index contributed by atoms with van der Waals surface area (Å²) in [5, 5.41) is 9.73. The SMILES string of the molecule is Cc1c(Br)cc2c(c1C(C)O)OCCO2. The molecule has 0 aromatic heterocycles. The monoisotopic (exact) mass is 272 g/mol. The van der Waals surface area contributed by atoms with Crippen LogP contribution in [0, 0.1) is 6.92 Å². The quantitative estimate of drug-likeness (QED) is 0.854. The molecule has 1 atom stereocenters. The zero-order valence-electron chi connectivity index (χ0n) is 8.71. The smallest absolute Gasteiger partial charge is 0.167 e.